The van der Waals surface area contributed by atoms with Gasteiger partial charge >= 0.3 is 5.97 Å². The highest BCUT2D eigenvalue weighted by molar-refractivity contribution is 5.81. The first kappa shape index (κ1) is 14.3. The topological polar surface area (TPSA) is 94.6 Å². The molecule has 0 bridgehead atoms. The maximum Gasteiger partial charge on any atom is 0.321 e. The first-order valence-corrected chi connectivity index (χ1v) is 6.50. The molecule has 0 saturated carbocycles. The summed E-state index contributed by atoms with van der Waals surface area (Å²) < 4.78 is 0. The van der Waals surface area contributed by atoms with Gasteiger partial charge in [-0.1, -0.05) is 13.0 Å². The van der Waals surface area contributed by atoms with Crippen LogP contribution in [-0.2, 0) is 9.59 Å². The molecule has 7 heteroatoms. The summed E-state index contributed by atoms with van der Waals surface area (Å²) in [5, 5.41) is 9.18. The molecule has 0 aromatic carbocycles. The summed E-state index contributed by atoms with van der Waals surface area (Å²) in [6, 6.07) is 4.70. The molecule has 1 aliphatic heterocycles. The van der Waals surface area contributed by atoms with Gasteiger partial charge < -0.3 is 5.11 Å². The molecule has 3 N–H and O–H groups in total. The average Bonchev–Trinajstić information content (AvgIpc) is 2.78. The van der Waals surface area contributed by atoms with Crippen molar-refractivity contribution >= 4 is 17.7 Å². The number of anilines is 1. The molecule has 1 aliphatic rings. The van der Waals surface area contributed by atoms with Crippen molar-refractivity contribution in [3.05, 3.63) is 24.4 Å². The monoisotopic (exact) mass is 278 g/mol. The zero-order valence-electron chi connectivity index (χ0n) is 11.2. The van der Waals surface area contributed by atoms with Gasteiger partial charge in [-0.25, -0.2) is 4.98 Å². The second-order valence-electron chi connectivity index (χ2n) is 4.91. The van der Waals surface area contributed by atoms with Crippen LogP contribution in [-0.4, -0.2) is 46.0 Å². The molecule has 108 valence electrons. The van der Waals surface area contributed by atoms with Gasteiger partial charge in [-0.05, 0) is 31.0 Å². The van der Waals surface area contributed by atoms with Crippen molar-refractivity contribution in [2.24, 2.45) is 5.92 Å². The van der Waals surface area contributed by atoms with Gasteiger partial charge in [-0.15, -0.1) is 0 Å². The lowest BCUT2D eigenvalue weighted by Crippen LogP contribution is -2.45. The highest BCUT2D eigenvalue weighted by atomic mass is 16.4. The Kier molecular flexibility index (Phi) is 4.52. The van der Waals surface area contributed by atoms with Gasteiger partial charge in [0.25, 0.3) is 5.91 Å². The second-order valence-corrected chi connectivity index (χ2v) is 4.91. The summed E-state index contributed by atoms with van der Waals surface area (Å²) in [7, 11) is 0. The van der Waals surface area contributed by atoms with E-state index in [4.69, 9.17) is 0 Å². The van der Waals surface area contributed by atoms with Gasteiger partial charge in [0.05, 0.1) is 6.54 Å². The summed E-state index contributed by atoms with van der Waals surface area (Å²) in [4.78, 5) is 28.7. The highest BCUT2D eigenvalue weighted by Crippen LogP contribution is 2.23. The zero-order chi connectivity index (χ0) is 14.5. The average molecular weight is 278 g/mol. The summed E-state index contributed by atoms with van der Waals surface area (Å²) in [6.07, 6.45) is 2.40. The molecule has 1 fully saturated rings. The van der Waals surface area contributed by atoms with E-state index in [2.05, 4.69) is 15.8 Å². The number of rotatable bonds is 5. The van der Waals surface area contributed by atoms with Crippen LogP contribution in [0.4, 0.5) is 5.82 Å². The number of aromatic nitrogens is 1. The van der Waals surface area contributed by atoms with Gasteiger partial charge in [0, 0.05) is 6.20 Å². The predicted octanol–water partition coefficient (Wildman–Crippen LogP) is 0.320. The van der Waals surface area contributed by atoms with E-state index in [0.717, 1.165) is 6.42 Å². The van der Waals surface area contributed by atoms with Gasteiger partial charge in [-0.2, -0.15) is 0 Å². The lowest BCUT2D eigenvalue weighted by atomic mass is 10.0. The number of carboxylic acid groups (broad SMARTS) is 1. The third-order valence-electron chi connectivity index (χ3n) is 3.40. The summed E-state index contributed by atoms with van der Waals surface area (Å²) in [5.74, 6) is -0.564. The number of hydrazine groups is 1. The van der Waals surface area contributed by atoms with Crippen LogP contribution in [0.1, 0.15) is 13.3 Å². The van der Waals surface area contributed by atoms with Gasteiger partial charge in [0.15, 0.2) is 0 Å². The van der Waals surface area contributed by atoms with Crippen LogP contribution in [0.25, 0.3) is 0 Å². The molecule has 0 aliphatic carbocycles. The fraction of sp³-hybridized carbons (Fsp3) is 0.462. The molecule has 2 heterocycles. The highest BCUT2D eigenvalue weighted by Gasteiger charge is 2.37. The van der Waals surface area contributed by atoms with Crippen molar-refractivity contribution in [1.29, 1.82) is 0 Å². The summed E-state index contributed by atoms with van der Waals surface area (Å²) in [5.41, 5.74) is 5.20. The third-order valence-corrected chi connectivity index (χ3v) is 3.40. The number of nitrogens with one attached hydrogen (secondary N) is 2. The Morgan fingerprint density at radius 1 is 1.50 bits per heavy atom. The van der Waals surface area contributed by atoms with E-state index >= 15 is 0 Å². The van der Waals surface area contributed by atoms with Crippen molar-refractivity contribution in [3.63, 3.8) is 0 Å². The van der Waals surface area contributed by atoms with Crippen LogP contribution < -0.4 is 10.9 Å². The minimum atomic E-state index is -0.875. The number of hydrogen-bond donors (Lipinski definition) is 3. The quantitative estimate of drug-likeness (QED) is 0.671. The standard InChI is InChI=1S/C13H18N4O3/c1-9-5-7-17(12(9)13(19)20)8-11(18)16-15-10-4-2-3-6-14-10/h2-4,6,9,12H,5,7-8H2,1H3,(H,14,15)(H,16,18)(H,19,20). The number of aliphatic carboxylic acids is 1. The van der Waals surface area contributed by atoms with Crippen LogP contribution in [0.2, 0.25) is 0 Å². The van der Waals surface area contributed by atoms with Crippen molar-refractivity contribution in [2.45, 2.75) is 19.4 Å². The smallest absolute Gasteiger partial charge is 0.321 e. The second kappa shape index (κ2) is 6.33. The van der Waals surface area contributed by atoms with E-state index in [1.807, 2.05) is 6.92 Å². The lowest BCUT2D eigenvalue weighted by Gasteiger charge is -2.22. The third kappa shape index (κ3) is 3.45. The van der Waals surface area contributed by atoms with Crippen LogP contribution in [0.3, 0.4) is 0 Å². The Bertz CT molecular complexity index is 480. The molecule has 7 nitrogen and oxygen atoms in total. The van der Waals surface area contributed by atoms with E-state index < -0.39 is 12.0 Å². The summed E-state index contributed by atoms with van der Waals surface area (Å²) in [6.45, 7) is 2.57. The minimum Gasteiger partial charge on any atom is -0.480 e. The van der Waals surface area contributed by atoms with Gasteiger partial charge in [-0.3, -0.25) is 25.3 Å². The molecule has 2 unspecified atom stereocenters. The van der Waals surface area contributed by atoms with Crippen LogP contribution in [0, 0.1) is 5.92 Å². The first-order chi connectivity index (χ1) is 9.58. The Morgan fingerprint density at radius 2 is 2.30 bits per heavy atom. The number of carboxylic acids is 1. The molecular weight excluding hydrogens is 260 g/mol. The molecule has 0 spiro atoms. The van der Waals surface area contributed by atoms with Crippen molar-refractivity contribution in [2.75, 3.05) is 18.5 Å². The molecule has 2 rings (SSSR count). The number of hydrogen-bond acceptors (Lipinski definition) is 5. The van der Waals surface area contributed by atoms with Crippen LogP contribution >= 0.6 is 0 Å². The molecule has 1 amide bonds. The van der Waals surface area contributed by atoms with Crippen molar-refractivity contribution in [1.82, 2.24) is 15.3 Å². The van der Waals surface area contributed by atoms with Gasteiger partial charge in [0.1, 0.15) is 11.9 Å². The molecule has 0 radical (unpaired) electrons. The largest absolute Gasteiger partial charge is 0.480 e. The fourth-order valence-corrected chi connectivity index (χ4v) is 2.40. The Labute approximate surface area is 117 Å². The minimum absolute atomic E-state index is 0.0567. The molecule has 1 aromatic heterocycles. The van der Waals surface area contributed by atoms with Crippen LogP contribution in [0.15, 0.2) is 24.4 Å². The molecule has 20 heavy (non-hydrogen) atoms. The van der Waals surface area contributed by atoms with E-state index in [-0.39, 0.29) is 18.4 Å². The lowest BCUT2D eigenvalue weighted by molar-refractivity contribution is -0.143. The molecule has 1 saturated heterocycles. The van der Waals surface area contributed by atoms with Crippen LogP contribution in [0.5, 0.6) is 0 Å². The zero-order valence-corrected chi connectivity index (χ0v) is 11.2. The number of pyridine rings is 1. The first-order valence-electron chi connectivity index (χ1n) is 6.50. The molecular formula is C13H18N4O3. The predicted molar refractivity (Wildman–Crippen MR) is 72.8 cm³/mol. The number of amides is 1. The Hall–Kier alpha value is -2.15. The summed E-state index contributed by atoms with van der Waals surface area (Å²) >= 11 is 0. The number of carbonyl (C=O) groups is 2. The number of likely N-dealkylation sites (tertiary alicyclic amines) is 1. The van der Waals surface area contributed by atoms with E-state index in [9.17, 15) is 14.7 Å². The molecule has 1 aromatic rings. The van der Waals surface area contributed by atoms with Crippen molar-refractivity contribution in [3.8, 4) is 0 Å². The van der Waals surface area contributed by atoms with Gasteiger partial charge in [0.2, 0.25) is 0 Å². The SMILES string of the molecule is CC1CCN(CC(=O)NNc2ccccn2)C1C(=O)O. The Balaban J connectivity index is 1.84. The van der Waals surface area contributed by atoms with E-state index in [1.54, 1.807) is 29.3 Å². The number of carbonyl (C=O) groups excluding carboxylic acids is 1. The van der Waals surface area contributed by atoms with E-state index in [1.165, 1.54) is 0 Å². The Morgan fingerprint density at radius 3 is 2.95 bits per heavy atom. The maximum atomic E-state index is 11.8. The number of nitrogens with zero attached hydrogens (tertiary/aromatic N) is 2. The maximum absolute atomic E-state index is 11.8. The van der Waals surface area contributed by atoms with Crippen molar-refractivity contribution < 1.29 is 14.7 Å². The van der Waals surface area contributed by atoms with E-state index in [0.29, 0.717) is 12.4 Å². The normalized spacial score (nSPS) is 22.4. The fourth-order valence-electron chi connectivity index (χ4n) is 2.40. The molecule has 2 atom stereocenters.